The Morgan fingerprint density at radius 2 is 2.06 bits per heavy atom. The van der Waals surface area contributed by atoms with Crippen molar-refractivity contribution in [1.82, 2.24) is 9.78 Å². The Morgan fingerprint density at radius 3 is 2.75 bits per heavy atom. The van der Waals surface area contributed by atoms with Crippen LogP contribution in [-0.4, -0.2) is 9.78 Å². The summed E-state index contributed by atoms with van der Waals surface area (Å²) in [6, 6.07) is 11.9. The molecule has 2 N–H and O–H groups in total. The number of aryl methyl sites for hydroxylation is 1. The first-order chi connectivity index (χ1) is 7.83. The fourth-order valence-electron chi connectivity index (χ4n) is 1.57. The maximum Gasteiger partial charge on any atom is 0.129 e. The minimum Gasteiger partial charge on any atom is -0.383 e. The van der Waals surface area contributed by atoms with E-state index in [2.05, 4.69) is 11.2 Å². The summed E-state index contributed by atoms with van der Waals surface area (Å²) in [6.45, 7) is 0.537. The molecule has 0 saturated carbocycles. The van der Waals surface area contributed by atoms with Crippen LogP contribution in [0.1, 0.15) is 6.42 Å². The highest BCUT2D eigenvalue weighted by molar-refractivity contribution is 5.73. The summed E-state index contributed by atoms with van der Waals surface area (Å²) < 4.78 is 1.66. The van der Waals surface area contributed by atoms with Gasteiger partial charge in [0.2, 0.25) is 0 Å². The Hall–Kier alpha value is -2.28. The maximum absolute atomic E-state index is 8.51. The number of anilines is 1. The molecular formula is C12H12N4. The lowest BCUT2D eigenvalue weighted by Gasteiger charge is -2.02. The maximum atomic E-state index is 8.51. The molecule has 0 aliphatic heterocycles. The fourth-order valence-corrected chi connectivity index (χ4v) is 1.57. The predicted molar refractivity (Wildman–Crippen MR) is 62.3 cm³/mol. The average Bonchev–Trinajstić information content (AvgIpc) is 2.69. The van der Waals surface area contributed by atoms with Crippen LogP contribution in [-0.2, 0) is 6.54 Å². The van der Waals surface area contributed by atoms with E-state index in [9.17, 15) is 0 Å². The van der Waals surface area contributed by atoms with Crippen LogP contribution in [0.15, 0.2) is 36.5 Å². The monoisotopic (exact) mass is 212 g/mol. The van der Waals surface area contributed by atoms with Gasteiger partial charge in [0.15, 0.2) is 0 Å². The number of rotatable bonds is 3. The molecule has 16 heavy (non-hydrogen) atoms. The third-order valence-corrected chi connectivity index (χ3v) is 2.40. The molecule has 80 valence electrons. The molecule has 0 saturated heterocycles. The van der Waals surface area contributed by atoms with Gasteiger partial charge in [-0.05, 0) is 5.56 Å². The van der Waals surface area contributed by atoms with Gasteiger partial charge < -0.3 is 5.73 Å². The average molecular weight is 212 g/mol. The first kappa shape index (κ1) is 10.2. The minimum absolute atomic E-state index is 0.417. The Labute approximate surface area is 93.9 Å². The number of nitrogens with two attached hydrogens (primary N) is 1. The molecule has 4 nitrogen and oxygen atoms in total. The van der Waals surface area contributed by atoms with Crippen molar-refractivity contribution in [2.45, 2.75) is 13.0 Å². The number of nitrogen functional groups attached to an aromatic ring is 1. The fraction of sp³-hybridized carbons (Fsp3) is 0.167. The summed E-state index contributed by atoms with van der Waals surface area (Å²) >= 11 is 0. The van der Waals surface area contributed by atoms with Gasteiger partial charge in [0.05, 0.1) is 25.2 Å². The number of hydrogen-bond donors (Lipinski definition) is 1. The molecule has 0 unspecified atom stereocenters. The Morgan fingerprint density at radius 1 is 1.31 bits per heavy atom. The molecule has 0 radical (unpaired) electrons. The van der Waals surface area contributed by atoms with Gasteiger partial charge in [0.25, 0.3) is 0 Å². The van der Waals surface area contributed by atoms with Crippen molar-refractivity contribution >= 4 is 5.82 Å². The lowest BCUT2D eigenvalue weighted by Crippen LogP contribution is -2.04. The van der Waals surface area contributed by atoms with Crippen molar-refractivity contribution < 1.29 is 0 Å². The van der Waals surface area contributed by atoms with Crippen LogP contribution in [0.25, 0.3) is 11.1 Å². The van der Waals surface area contributed by atoms with Crippen LogP contribution in [0.5, 0.6) is 0 Å². The Bertz CT molecular complexity index is 508. The van der Waals surface area contributed by atoms with E-state index in [0.29, 0.717) is 18.8 Å². The second-order valence-electron chi connectivity index (χ2n) is 3.44. The van der Waals surface area contributed by atoms with E-state index >= 15 is 0 Å². The highest BCUT2D eigenvalue weighted by Gasteiger charge is 2.08. The van der Waals surface area contributed by atoms with E-state index in [0.717, 1.165) is 11.1 Å². The Balaban J connectivity index is 2.31. The number of nitrogens with zero attached hydrogens (tertiary/aromatic N) is 3. The first-order valence-corrected chi connectivity index (χ1v) is 5.06. The highest BCUT2D eigenvalue weighted by atomic mass is 15.3. The number of benzene rings is 1. The Kier molecular flexibility index (Phi) is 2.88. The molecule has 1 heterocycles. The van der Waals surface area contributed by atoms with Crippen LogP contribution in [0, 0.1) is 11.3 Å². The van der Waals surface area contributed by atoms with Crippen molar-refractivity contribution in [3.63, 3.8) is 0 Å². The van der Waals surface area contributed by atoms with E-state index in [1.807, 2.05) is 30.3 Å². The highest BCUT2D eigenvalue weighted by Crippen LogP contribution is 2.24. The van der Waals surface area contributed by atoms with E-state index in [4.69, 9.17) is 11.0 Å². The minimum atomic E-state index is 0.417. The van der Waals surface area contributed by atoms with Crippen LogP contribution in [0.2, 0.25) is 0 Å². The molecule has 0 spiro atoms. The molecule has 0 atom stereocenters. The molecule has 0 fully saturated rings. The topological polar surface area (TPSA) is 67.6 Å². The summed E-state index contributed by atoms with van der Waals surface area (Å²) in [5.74, 6) is 0.612. The largest absolute Gasteiger partial charge is 0.383 e. The molecule has 0 aliphatic rings. The normalized spacial score (nSPS) is 9.94. The zero-order valence-electron chi connectivity index (χ0n) is 8.80. The van der Waals surface area contributed by atoms with Crippen molar-refractivity contribution in [2.24, 2.45) is 0 Å². The molecule has 4 heteroatoms. The van der Waals surface area contributed by atoms with Crippen LogP contribution in [0.3, 0.4) is 0 Å². The van der Waals surface area contributed by atoms with Gasteiger partial charge >= 0.3 is 0 Å². The van der Waals surface area contributed by atoms with Crippen LogP contribution in [0.4, 0.5) is 5.82 Å². The van der Waals surface area contributed by atoms with Crippen molar-refractivity contribution in [3.05, 3.63) is 36.5 Å². The zero-order valence-corrected chi connectivity index (χ0v) is 8.80. The summed E-state index contributed by atoms with van der Waals surface area (Å²) in [5, 5.41) is 12.7. The lowest BCUT2D eigenvalue weighted by atomic mass is 10.1. The van der Waals surface area contributed by atoms with E-state index in [1.54, 1.807) is 10.9 Å². The molecule has 2 rings (SSSR count). The zero-order chi connectivity index (χ0) is 11.4. The van der Waals surface area contributed by atoms with Gasteiger partial charge in [-0.3, -0.25) is 0 Å². The summed E-state index contributed by atoms with van der Waals surface area (Å²) in [7, 11) is 0. The van der Waals surface area contributed by atoms with Gasteiger partial charge in [-0.1, -0.05) is 30.3 Å². The third-order valence-electron chi connectivity index (χ3n) is 2.40. The second-order valence-corrected chi connectivity index (χ2v) is 3.44. The van der Waals surface area contributed by atoms with E-state index < -0.39 is 0 Å². The predicted octanol–water partition coefficient (Wildman–Crippen LogP) is 2.05. The van der Waals surface area contributed by atoms with Crippen molar-refractivity contribution in [3.8, 4) is 17.2 Å². The first-order valence-electron chi connectivity index (χ1n) is 5.06. The lowest BCUT2D eigenvalue weighted by molar-refractivity contribution is 0.637. The van der Waals surface area contributed by atoms with Crippen LogP contribution >= 0.6 is 0 Å². The second kappa shape index (κ2) is 4.49. The van der Waals surface area contributed by atoms with Crippen molar-refractivity contribution in [2.75, 3.05) is 5.73 Å². The van der Waals surface area contributed by atoms with Crippen LogP contribution < -0.4 is 5.73 Å². The van der Waals surface area contributed by atoms with Gasteiger partial charge in [-0.15, -0.1) is 0 Å². The van der Waals surface area contributed by atoms with E-state index in [1.165, 1.54) is 0 Å². The van der Waals surface area contributed by atoms with Gasteiger partial charge in [-0.25, -0.2) is 4.68 Å². The number of aromatic nitrogens is 2. The molecule has 1 aromatic carbocycles. The molecule has 0 bridgehead atoms. The third kappa shape index (κ3) is 1.89. The summed E-state index contributed by atoms with van der Waals surface area (Å²) in [6.07, 6.45) is 2.15. The SMILES string of the molecule is N#CCCn1ncc(-c2ccccc2)c1N. The van der Waals surface area contributed by atoms with Gasteiger partial charge in [0, 0.05) is 5.56 Å². The van der Waals surface area contributed by atoms with Gasteiger partial charge in [0.1, 0.15) is 5.82 Å². The molecule has 1 aromatic heterocycles. The quantitative estimate of drug-likeness (QED) is 0.846. The number of nitriles is 1. The summed E-state index contributed by atoms with van der Waals surface area (Å²) in [5.41, 5.74) is 7.93. The van der Waals surface area contributed by atoms with Crippen molar-refractivity contribution in [1.29, 1.82) is 5.26 Å². The summed E-state index contributed by atoms with van der Waals surface area (Å²) in [4.78, 5) is 0. The van der Waals surface area contributed by atoms with Gasteiger partial charge in [-0.2, -0.15) is 10.4 Å². The molecule has 0 amide bonds. The van der Waals surface area contributed by atoms with E-state index in [-0.39, 0.29) is 0 Å². The number of hydrogen-bond acceptors (Lipinski definition) is 3. The smallest absolute Gasteiger partial charge is 0.129 e. The standard InChI is InChI=1S/C12H12N4/c13-7-4-8-16-12(14)11(9-15-16)10-5-2-1-3-6-10/h1-3,5-6,9H,4,8,14H2. The molecule has 0 aliphatic carbocycles. The molecular weight excluding hydrogens is 200 g/mol. The molecule has 2 aromatic rings.